The molecule has 0 aromatic heterocycles. The van der Waals surface area contributed by atoms with Crippen LogP contribution in [0.2, 0.25) is 10.0 Å². The molecule has 142 valence electrons. The summed E-state index contributed by atoms with van der Waals surface area (Å²) >= 11 is 12.3. The first-order valence-corrected chi connectivity index (χ1v) is 9.07. The SMILES string of the molecule is O=C(CN1N=N[C@@H]2C(=O)N(c3c(Cl)cccc3Cl)C(=O)[C@H]21)Nc1ccccc1. The molecule has 2 aliphatic rings. The van der Waals surface area contributed by atoms with E-state index in [0.29, 0.717) is 5.69 Å². The third-order valence-electron chi connectivity index (χ3n) is 4.38. The van der Waals surface area contributed by atoms with Crippen molar-refractivity contribution in [3.63, 3.8) is 0 Å². The van der Waals surface area contributed by atoms with Gasteiger partial charge in [-0.15, -0.1) is 0 Å². The lowest BCUT2D eigenvalue weighted by Gasteiger charge is -2.21. The van der Waals surface area contributed by atoms with Crippen LogP contribution in [0.25, 0.3) is 0 Å². The number of hydrogen-bond acceptors (Lipinski definition) is 6. The zero-order chi connectivity index (χ0) is 19.8. The summed E-state index contributed by atoms with van der Waals surface area (Å²) in [4.78, 5) is 38.9. The molecule has 2 atom stereocenters. The molecule has 0 aliphatic carbocycles. The van der Waals surface area contributed by atoms with Gasteiger partial charge < -0.3 is 5.32 Å². The third kappa shape index (κ3) is 3.10. The van der Waals surface area contributed by atoms with Crippen LogP contribution >= 0.6 is 23.2 Å². The molecule has 1 fully saturated rings. The van der Waals surface area contributed by atoms with Gasteiger partial charge in [0.1, 0.15) is 6.54 Å². The van der Waals surface area contributed by atoms with Gasteiger partial charge in [-0.05, 0) is 24.3 Å². The monoisotopic (exact) mass is 417 g/mol. The Labute approximate surface area is 169 Å². The summed E-state index contributed by atoms with van der Waals surface area (Å²) in [6.07, 6.45) is 0. The van der Waals surface area contributed by atoms with Gasteiger partial charge in [-0.25, -0.2) is 4.90 Å². The average molecular weight is 418 g/mol. The van der Waals surface area contributed by atoms with Crippen LogP contribution in [-0.4, -0.2) is 41.4 Å². The summed E-state index contributed by atoms with van der Waals surface area (Å²) in [5, 5.41) is 12.0. The Bertz CT molecular complexity index is 978. The zero-order valence-electron chi connectivity index (χ0n) is 14.3. The lowest BCUT2D eigenvalue weighted by molar-refractivity contribution is -0.123. The smallest absolute Gasteiger partial charge is 0.263 e. The number of nitrogens with zero attached hydrogens (tertiary/aromatic N) is 4. The van der Waals surface area contributed by atoms with Gasteiger partial charge in [0.05, 0.1) is 15.7 Å². The number of carbonyl (C=O) groups excluding carboxylic acids is 3. The summed E-state index contributed by atoms with van der Waals surface area (Å²) in [7, 11) is 0. The molecule has 0 bridgehead atoms. The van der Waals surface area contributed by atoms with Gasteiger partial charge in [-0.2, -0.15) is 5.11 Å². The number of imide groups is 1. The van der Waals surface area contributed by atoms with E-state index >= 15 is 0 Å². The van der Waals surface area contributed by atoms with Crippen molar-refractivity contribution in [1.29, 1.82) is 0 Å². The fourth-order valence-electron chi connectivity index (χ4n) is 3.15. The van der Waals surface area contributed by atoms with Crippen molar-refractivity contribution in [3.8, 4) is 0 Å². The first-order valence-electron chi connectivity index (χ1n) is 8.31. The summed E-state index contributed by atoms with van der Waals surface area (Å²) in [5.74, 6) is -1.55. The van der Waals surface area contributed by atoms with Crippen LogP contribution < -0.4 is 10.2 Å². The van der Waals surface area contributed by atoms with Crippen LogP contribution in [0.1, 0.15) is 0 Å². The van der Waals surface area contributed by atoms with E-state index in [0.717, 1.165) is 4.90 Å². The number of benzene rings is 2. The normalized spacial score (nSPS) is 20.6. The number of fused-ring (bicyclic) bond motifs is 1. The van der Waals surface area contributed by atoms with Crippen LogP contribution in [0.4, 0.5) is 11.4 Å². The van der Waals surface area contributed by atoms with Crippen LogP contribution in [0.3, 0.4) is 0 Å². The van der Waals surface area contributed by atoms with Crippen molar-refractivity contribution in [3.05, 3.63) is 58.6 Å². The first kappa shape index (κ1) is 18.4. The number of anilines is 2. The molecule has 3 amide bonds. The molecule has 2 aromatic carbocycles. The van der Waals surface area contributed by atoms with Crippen LogP contribution in [0, 0.1) is 0 Å². The van der Waals surface area contributed by atoms with Crippen molar-refractivity contribution in [1.82, 2.24) is 5.01 Å². The molecule has 28 heavy (non-hydrogen) atoms. The van der Waals surface area contributed by atoms with E-state index in [4.69, 9.17) is 23.2 Å². The zero-order valence-corrected chi connectivity index (χ0v) is 15.8. The molecule has 10 heteroatoms. The second kappa shape index (κ2) is 7.21. The van der Waals surface area contributed by atoms with E-state index in [2.05, 4.69) is 15.7 Å². The lowest BCUT2D eigenvalue weighted by atomic mass is 10.1. The first-order chi connectivity index (χ1) is 13.5. The Morgan fingerprint density at radius 2 is 1.68 bits per heavy atom. The number of carbonyl (C=O) groups is 3. The number of para-hydroxylation sites is 2. The third-order valence-corrected chi connectivity index (χ3v) is 4.99. The van der Waals surface area contributed by atoms with E-state index in [1.807, 2.05) is 6.07 Å². The Balaban J connectivity index is 1.54. The van der Waals surface area contributed by atoms with Gasteiger partial charge in [-0.3, -0.25) is 19.4 Å². The minimum atomic E-state index is -1.04. The molecule has 0 saturated carbocycles. The highest BCUT2D eigenvalue weighted by Crippen LogP contribution is 2.39. The van der Waals surface area contributed by atoms with E-state index in [1.54, 1.807) is 30.3 Å². The largest absolute Gasteiger partial charge is 0.324 e. The second-order valence-corrected chi connectivity index (χ2v) is 7.00. The number of nitrogens with one attached hydrogen (secondary N) is 1. The molecule has 8 nitrogen and oxygen atoms in total. The highest BCUT2D eigenvalue weighted by Gasteiger charge is 2.55. The number of rotatable bonds is 4. The van der Waals surface area contributed by atoms with Gasteiger partial charge in [0.2, 0.25) is 5.91 Å². The van der Waals surface area contributed by atoms with Gasteiger partial charge >= 0.3 is 0 Å². The lowest BCUT2D eigenvalue weighted by Crippen LogP contribution is -2.43. The van der Waals surface area contributed by atoms with Crippen LogP contribution in [0.15, 0.2) is 58.9 Å². The maximum atomic E-state index is 12.9. The van der Waals surface area contributed by atoms with Crippen molar-refractivity contribution >= 4 is 52.3 Å². The molecule has 1 N–H and O–H groups in total. The highest BCUT2D eigenvalue weighted by atomic mass is 35.5. The van der Waals surface area contributed by atoms with Crippen LogP contribution in [-0.2, 0) is 14.4 Å². The molecule has 2 heterocycles. The van der Waals surface area contributed by atoms with Crippen molar-refractivity contribution in [2.45, 2.75) is 12.1 Å². The Hall–Kier alpha value is -2.97. The highest BCUT2D eigenvalue weighted by molar-refractivity contribution is 6.42. The van der Waals surface area contributed by atoms with Gasteiger partial charge in [-0.1, -0.05) is 52.7 Å². The number of hydrogen-bond donors (Lipinski definition) is 1. The minimum absolute atomic E-state index is 0.110. The van der Waals surface area contributed by atoms with E-state index in [-0.39, 0.29) is 28.2 Å². The number of amides is 3. The van der Waals surface area contributed by atoms with Gasteiger partial charge in [0.15, 0.2) is 12.1 Å². The molecule has 2 aromatic rings. The quantitative estimate of drug-likeness (QED) is 0.773. The molecule has 4 rings (SSSR count). The Morgan fingerprint density at radius 1 is 1.00 bits per heavy atom. The van der Waals surface area contributed by atoms with Crippen molar-refractivity contribution in [2.24, 2.45) is 10.3 Å². The van der Waals surface area contributed by atoms with Crippen LogP contribution in [0.5, 0.6) is 0 Å². The molecular formula is C18H13Cl2N5O3. The number of halogens is 2. The van der Waals surface area contributed by atoms with Gasteiger partial charge in [0, 0.05) is 5.69 Å². The van der Waals surface area contributed by atoms with Gasteiger partial charge in [0.25, 0.3) is 11.8 Å². The predicted molar refractivity (Wildman–Crippen MR) is 103 cm³/mol. The summed E-state index contributed by atoms with van der Waals surface area (Å²) in [6, 6.07) is 11.5. The molecule has 1 saturated heterocycles. The maximum Gasteiger partial charge on any atom is 0.263 e. The summed E-state index contributed by atoms with van der Waals surface area (Å²) in [5.41, 5.74) is 0.720. The Morgan fingerprint density at radius 3 is 2.36 bits per heavy atom. The van der Waals surface area contributed by atoms with E-state index in [9.17, 15) is 14.4 Å². The second-order valence-electron chi connectivity index (χ2n) is 6.19. The fourth-order valence-corrected chi connectivity index (χ4v) is 3.71. The summed E-state index contributed by atoms with van der Waals surface area (Å²) in [6.45, 7) is -0.233. The Kier molecular flexibility index (Phi) is 4.74. The fraction of sp³-hybridized carbons (Fsp3) is 0.167. The molecule has 0 spiro atoms. The molecule has 2 aliphatic heterocycles. The molecule has 0 unspecified atom stereocenters. The summed E-state index contributed by atoms with van der Waals surface area (Å²) < 4.78 is 0. The van der Waals surface area contributed by atoms with Crippen molar-refractivity contribution in [2.75, 3.05) is 16.8 Å². The standard InChI is InChI=1S/C18H13Cl2N5O3/c19-11-7-4-8-12(20)15(11)25-17(27)14-16(18(25)28)24(23-22-14)9-13(26)21-10-5-2-1-3-6-10/h1-8,14,16H,9H2,(H,21,26)/t14-,16-/m0/s1. The minimum Gasteiger partial charge on any atom is -0.324 e. The topological polar surface area (TPSA) is 94.4 Å². The average Bonchev–Trinajstić information content (AvgIpc) is 3.17. The molecule has 0 radical (unpaired) electrons. The van der Waals surface area contributed by atoms with E-state index in [1.165, 1.54) is 17.1 Å². The predicted octanol–water partition coefficient (Wildman–Crippen LogP) is 2.93. The maximum absolute atomic E-state index is 12.9. The van der Waals surface area contributed by atoms with Crippen molar-refractivity contribution < 1.29 is 14.4 Å². The van der Waals surface area contributed by atoms with E-state index < -0.39 is 23.9 Å². The molecular weight excluding hydrogens is 405 g/mol.